The Morgan fingerprint density at radius 3 is 1.61 bits per heavy atom. The molecule has 57 heavy (non-hydrogen) atoms. The van der Waals surface area contributed by atoms with Crippen LogP contribution in [0.1, 0.15) is 0 Å². The Hall–Kier alpha value is -7.83. The summed E-state index contributed by atoms with van der Waals surface area (Å²) in [6.45, 7) is 0. The smallest absolute Gasteiger partial charge is 0.164 e. The van der Waals surface area contributed by atoms with E-state index in [1.165, 1.54) is 5.39 Å². The number of nitrogens with zero attached hydrogens (tertiary/aromatic N) is 4. The van der Waals surface area contributed by atoms with E-state index < -0.39 is 0 Å². The SMILES string of the molecule is c1ccc(-c2ccc(-c3nc(-c4cccc5oc6ccccc6c45)nc(-c4cccc5oc6cc7c(cc6c45)c4ccccc4n7-c4ccccc4)n3)cc2)cc1. The van der Waals surface area contributed by atoms with Gasteiger partial charge in [0.15, 0.2) is 17.5 Å². The van der Waals surface area contributed by atoms with Gasteiger partial charge >= 0.3 is 0 Å². The normalized spacial score (nSPS) is 11.9. The zero-order valence-corrected chi connectivity index (χ0v) is 30.4. The van der Waals surface area contributed by atoms with E-state index in [0.717, 1.165) is 93.8 Å². The summed E-state index contributed by atoms with van der Waals surface area (Å²) in [6.07, 6.45) is 0. The topological polar surface area (TPSA) is 69.9 Å². The number of furan rings is 2. The summed E-state index contributed by atoms with van der Waals surface area (Å²) in [7, 11) is 0. The Morgan fingerprint density at radius 2 is 0.877 bits per heavy atom. The summed E-state index contributed by atoms with van der Waals surface area (Å²) in [5.41, 5.74) is 11.4. The fourth-order valence-electron chi connectivity index (χ4n) is 8.48. The van der Waals surface area contributed by atoms with Crippen molar-refractivity contribution in [3.63, 3.8) is 0 Å². The van der Waals surface area contributed by atoms with Crippen LogP contribution in [0.15, 0.2) is 191 Å². The Balaban J connectivity index is 1.11. The monoisotopic (exact) mass is 730 g/mol. The van der Waals surface area contributed by atoms with Crippen LogP contribution in [0.4, 0.5) is 0 Å². The van der Waals surface area contributed by atoms with Crippen molar-refractivity contribution in [1.29, 1.82) is 0 Å². The van der Waals surface area contributed by atoms with Crippen molar-refractivity contribution < 1.29 is 8.83 Å². The molecule has 0 aliphatic carbocycles. The van der Waals surface area contributed by atoms with E-state index in [1.807, 2.05) is 54.6 Å². The van der Waals surface area contributed by atoms with Crippen LogP contribution in [0.2, 0.25) is 0 Å². The molecule has 0 aliphatic heterocycles. The van der Waals surface area contributed by atoms with Crippen molar-refractivity contribution in [3.8, 4) is 51.0 Å². The first-order chi connectivity index (χ1) is 28.2. The minimum absolute atomic E-state index is 0.562. The van der Waals surface area contributed by atoms with E-state index in [1.54, 1.807) is 0 Å². The van der Waals surface area contributed by atoms with Crippen LogP contribution in [0.25, 0.3) is 117 Å². The molecule has 0 atom stereocenters. The first kappa shape index (κ1) is 31.5. The van der Waals surface area contributed by atoms with Crippen molar-refractivity contribution in [1.82, 2.24) is 19.5 Å². The molecular formula is C51H30N4O2. The molecule has 0 saturated heterocycles. The summed E-state index contributed by atoms with van der Waals surface area (Å²) in [4.78, 5) is 15.7. The second-order valence-electron chi connectivity index (χ2n) is 14.4. The highest BCUT2D eigenvalue weighted by Gasteiger charge is 2.22. The lowest BCUT2D eigenvalue weighted by Gasteiger charge is -2.10. The molecule has 0 saturated carbocycles. The number of hydrogen-bond acceptors (Lipinski definition) is 5. The molecule has 0 N–H and O–H groups in total. The Bertz CT molecular complexity index is 3510. The van der Waals surface area contributed by atoms with Gasteiger partial charge in [0.1, 0.15) is 22.3 Å². The van der Waals surface area contributed by atoms with Crippen molar-refractivity contribution in [3.05, 3.63) is 182 Å². The molecular weight excluding hydrogens is 701 g/mol. The second-order valence-corrected chi connectivity index (χ2v) is 14.4. The van der Waals surface area contributed by atoms with Crippen molar-refractivity contribution in [2.75, 3.05) is 0 Å². The predicted molar refractivity (Wildman–Crippen MR) is 230 cm³/mol. The molecule has 0 unspecified atom stereocenters. The summed E-state index contributed by atoms with van der Waals surface area (Å²) < 4.78 is 15.3. The maximum atomic E-state index is 6.69. The van der Waals surface area contributed by atoms with E-state index in [0.29, 0.717) is 17.5 Å². The Labute approximate surface area is 325 Å². The summed E-state index contributed by atoms with van der Waals surface area (Å²) in [5, 5.41) is 6.27. The summed E-state index contributed by atoms with van der Waals surface area (Å²) >= 11 is 0. The molecule has 0 bridgehead atoms. The molecule has 6 nitrogen and oxygen atoms in total. The van der Waals surface area contributed by atoms with Gasteiger partial charge in [-0.05, 0) is 53.6 Å². The van der Waals surface area contributed by atoms with Gasteiger partial charge in [-0.25, -0.2) is 15.0 Å². The Morgan fingerprint density at radius 1 is 0.333 bits per heavy atom. The van der Waals surface area contributed by atoms with E-state index in [9.17, 15) is 0 Å². The van der Waals surface area contributed by atoms with Gasteiger partial charge in [-0.15, -0.1) is 0 Å². The highest BCUT2D eigenvalue weighted by atomic mass is 16.3. The third kappa shape index (κ3) is 4.94. The fourth-order valence-corrected chi connectivity index (χ4v) is 8.48. The highest BCUT2D eigenvalue weighted by Crippen LogP contribution is 2.42. The van der Waals surface area contributed by atoms with Crippen LogP contribution < -0.4 is 0 Å². The minimum Gasteiger partial charge on any atom is -0.456 e. The van der Waals surface area contributed by atoms with Gasteiger partial charge in [-0.3, -0.25) is 0 Å². The third-order valence-electron chi connectivity index (χ3n) is 11.1. The number of para-hydroxylation sites is 3. The fraction of sp³-hybridized carbons (Fsp3) is 0. The molecule has 4 heterocycles. The highest BCUT2D eigenvalue weighted by molar-refractivity contribution is 6.20. The average molecular weight is 731 g/mol. The third-order valence-corrected chi connectivity index (χ3v) is 11.1. The van der Waals surface area contributed by atoms with E-state index in [2.05, 4.69) is 132 Å². The number of benzene rings is 8. The molecule has 266 valence electrons. The first-order valence-corrected chi connectivity index (χ1v) is 19.0. The van der Waals surface area contributed by atoms with Gasteiger partial charge in [0.05, 0.1) is 11.0 Å². The van der Waals surface area contributed by atoms with Gasteiger partial charge in [-0.1, -0.05) is 133 Å². The van der Waals surface area contributed by atoms with E-state index >= 15 is 0 Å². The maximum Gasteiger partial charge on any atom is 0.164 e. The quantitative estimate of drug-likeness (QED) is 0.176. The lowest BCUT2D eigenvalue weighted by molar-refractivity contribution is 0.669. The maximum absolute atomic E-state index is 6.69. The van der Waals surface area contributed by atoms with Gasteiger partial charge in [-0.2, -0.15) is 0 Å². The number of fused-ring (bicyclic) bond motifs is 9. The van der Waals surface area contributed by atoms with Crippen molar-refractivity contribution >= 4 is 65.7 Å². The molecule has 0 spiro atoms. The lowest BCUT2D eigenvalue weighted by atomic mass is 10.0. The van der Waals surface area contributed by atoms with E-state index in [4.69, 9.17) is 23.8 Å². The molecule has 0 aliphatic rings. The predicted octanol–water partition coefficient (Wildman–Crippen LogP) is 13.4. The molecule has 8 aromatic carbocycles. The van der Waals surface area contributed by atoms with Gasteiger partial charge in [0.25, 0.3) is 0 Å². The lowest BCUT2D eigenvalue weighted by Crippen LogP contribution is -2.00. The summed E-state index contributed by atoms with van der Waals surface area (Å²) in [6, 6.07) is 62.6. The average Bonchev–Trinajstić information content (AvgIpc) is 3.95. The molecule has 4 aromatic heterocycles. The van der Waals surface area contributed by atoms with Crippen LogP contribution in [0.5, 0.6) is 0 Å². The van der Waals surface area contributed by atoms with Gasteiger partial charge in [0.2, 0.25) is 0 Å². The van der Waals surface area contributed by atoms with Crippen molar-refractivity contribution in [2.24, 2.45) is 0 Å². The standard InChI is InChI=1S/C51H30N4O2/c1-3-13-31(14-4-1)32-25-27-33(28-26-32)49-52-50(37-19-11-23-44-47(37)36-18-8-10-22-43(36)56-44)54-51(53-49)38-20-12-24-45-48(38)40-29-39-35-17-7-9-21-41(35)55(34-15-5-2-6-16-34)42(39)30-46(40)57-45/h1-30H. The molecule has 0 fully saturated rings. The molecule has 12 aromatic rings. The molecule has 12 rings (SSSR count). The van der Waals surface area contributed by atoms with Crippen LogP contribution in [-0.4, -0.2) is 19.5 Å². The number of aromatic nitrogens is 4. The van der Waals surface area contributed by atoms with Crippen LogP contribution in [0.3, 0.4) is 0 Å². The molecule has 0 amide bonds. The van der Waals surface area contributed by atoms with Crippen molar-refractivity contribution in [2.45, 2.75) is 0 Å². The molecule has 6 heteroatoms. The second kappa shape index (κ2) is 12.3. The zero-order valence-electron chi connectivity index (χ0n) is 30.4. The van der Waals surface area contributed by atoms with E-state index in [-0.39, 0.29) is 0 Å². The minimum atomic E-state index is 0.562. The first-order valence-electron chi connectivity index (χ1n) is 19.0. The van der Waals surface area contributed by atoms with Crippen LogP contribution in [0, 0.1) is 0 Å². The number of rotatable bonds is 5. The van der Waals surface area contributed by atoms with Crippen LogP contribution >= 0.6 is 0 Å². The largest absolute Gasteiger partial charge is 0.456 e. The molecule has 0 radical (unpaired) electrons. The van der Waals surface area contributed by atoms with Crippen LogP contribution in [-0.2, 0) is 0 Å². The van der Waals surface area contributed by atoms with Gasteiger partial charge in [0, 0.05) is 60.8 Å². The summed E-state index contributed by atoms with van der Waals surface area (Å²) in [5.74, 6) is 1.71. The van der Waals surface area contributed by atoms with Gasteiger partial charge < -0.3 is 13.4 Å². The number of hydrogen-bond donors (Lipinski definition) is 0. The zero-order chi connectivity index (χ0) is 37.5. The Kier molecular flexibility index (Phi) is 6.83.